The summed E-state index contributed by atoms with van der Waals surface area (Å²) in [4.78, 5) is 0. The van der Waals surface area contributed by atoms with E-state index in [-0.39, 0.29) is 0 Å². The highest BCUT2D eigenvalue weighted by molar-refractivity contribution is 5.47. The van der Waals surface area contributed by atoms with E-state index in [4.69, 9.17) is 0 Å². The second-order valence-electron chi connectivity index (χ2n) is 2.28. The first-order valence-electron chi connectivity index (χ1n) is 3.49. The van der Waals surface area contributed by atoms with Crippen LogP contribution in [0, 0.1) is 0 Å². The van der Waals surface area contributed by atoms with E-state index in [2.05, 4.69) is 11.0 Å². The highest BCUT2D eigenvalue weighted by atomic mass is 15.7. The Hall–Kier alpha value is -1.48. The fraction of sp³-hybridized carbons (Fsp3) is 0. The van der Waals surface area contributed by atoms with Crippen LogP contribution in [0.25, 0.3) is 0 Å². The molecule has 3 nitrogen and oxygen atoms in total. The molecule has 1 aliphatic rings. The van der Waals surface area contributed by atoms with Crippen LogP contribution in [0.5, 0.6) is 0 Å². The summed E-state index contributed by atoms with van der Waals surface area (Å²) in [5, 5.41) is 1.90. The van der Waals surface area contributed by atoms with Crippen molar-refractivity contribution in [3.05, 3.63) is 42.7 Å². The lowest BCUT2D eigenvalue weighted by Crippen LogP contribution is -2.35. The van der Waals surface area contributed by atoms with Gasteiger partial charge in [-0.2, -0.15) is 0 Å². The summed E-state index contributed by atoms with van der Waals surface area (Å²) in [5.74, 6) is 0. The highest BCUT2D eigenvalue weighted by Crippen LogP contribution is 2.11. The Bertz CT molecular complexity index is 255. The van der Waals surface area contributed by atoms with Gasteiger partial charge in [0.2, 0.25) is 0 Å². The van der Waals surface area contributed by atoms with Crippen LogP contribution in [0.1, 0.15) is 0 Å². The minimum Gasteiger partial charge on any atom is -0.309 e. The Labute approximate surface area is 65.3 Å². The number of benzene rings is 1. The van der Waals surface area contributed by atoms with Crippen LogP contribution in [-0.2, 0) is 0 Å². The largest absolute Gasteiger partial charge is 0.309 e. The van der Waals surface area contributed by atoms with Crippen molar-refractivity contribution in [2.75, 3.05) is 5.01 Å². The van der Waals surface area contributed by atoms with Gasteiger partial charge >= 0.3 is 0 Å². The molecule has 0 saturated heterocycles. The maximum absolute atomic E-state index is 2.95. The fourth-order valence-electron chi connectivity index (χ4n) is 0.995. The average Bonchev–Trinajstić information content (AvgIpc) is 2.58. The van der Waals surface area contributed by atoms with Crippen molar-refractivity contribution >= 4 is 5.69 Å². The van der Waals surface area contributed by atoms with E-state index in [0.717, 1.165) is 5.69 Å². The van der Waals surface area contributed by atoms with Gasteiger partial charge in [0.15, 0.2) is 0 Å². The van der Waals surface area contributed by atoms with Gasteiger partial charge < -0.3 is 5.43 Å². The predicted octanol–water partition coefficient (Wildman–Crippen LogP) is 0.987. The Kier molecular flexibility index (Phi) is 1.50. The van der Waals surface area contributed by atoms with Crippen molar-refractivity contribution in [3.8, 4) is 0 Å². The van der Waals surface area contributed by atoms with Crippen molar-refractivity contribution in [2.45, 2.75) is 0 Å². The Morgan fingerprint density at radius 3 is 2.55 bits per heavy atom. The van der Waals surface area contributed by atoms with Gasteiger partial charge in [-0.25, -0.2) is 0 Å². The van der Waals surface area contributed by atoms with Crippen LogP contribution in [0.3, 0.4) is 0 Å². The zero-order chi connectivity index (χ0) is 7.52. The topological polar surface area (TPSA) is 27.3 Å². The maximum atomic E-state index is 2.95. The molecule has 3 heteroatoms. The average molecular weight is 147 g/mol. The van der Waals surface area contributed by atoms with E-state index in [1.807, 2.05) is 47.7 Å². The molecule has 56 valence electrons. The summed E-state index contributed by atoms with van der Waals surface area (Å²) < 4.78 is 0. The summed E-state index contributed by atoms with van der Waals surface area (Å²) in [6, 6.07) is 10.1. The Morgan fingerprint density at radius 2 is 1.91 bits per heavy atom. The fourth-order valence-corrected chi connectivity index (χ4v) is 0.995. The third-order valence-corrected chi connectivity index (χ3v) is 1.53. The molecular formula is C8H9N3. The smallest absolute Gasteiger partial charge is 0.0589 e. The minimum absolute atomic E-state index is 1.12. The molecule has 0 saturated carbocycles. The molecule has 11 heavy (non-hydrogen) atoms. The molecule has 0 fully saturated rings. The number of rotatable bonds is 1. The van der Waals surface area contributed by atoms with Crippen LogP contribution in [-0.4, -0.2) is 0 Å². The van der Waals surface area contributed by atoms with E-state index >= 15 is 0 Å². The molecule has 0 spiro atoms. The second kappa shape index (κ2) is 2.64. The first-order valence-corrected chi connectivity index (χ1v) is 3.49. The molecule has 1 aromatic carbocycles. The molecule has 0 unspecified atom stereocenters. The van der Waals surface area contributed by atoms with Gasteiger partial charge in [0, 0.05) is 12.4 Å². The number of anilines is 1. The molecule has 1 aliphatic heterocycles. The summed E-state index contributed by atoms with van der Waals surface area (Å²) in [7, 11) is 0. The third kappa shape index (κ3) is 1.18. The van der Waals surface area contributed by atoms with E-state index in [0.29, 0.717) is 0 Å². The Balaban J connectivity index is 2.23. The summed E-state index contributed by atoms with van der Waals surface area (Å²) in [5.41, 5.74) is 6.93. The van der Waals surface area contributed by atoms with Crippen molar-refractivity contribution in [1.82, 2.24) is 11.0 Å². The molecule has 1 heterocycles. The van der Waals surface area contributed by atoms with E-state index < -0.39 is 0 Å². The lowest BCUT2D eigenvalue weighted by Gasteiger charge is -2.14. The molecule has 0 aromatic heterocycles. The van der Waals surface area contributed by atoms with Crippen molar-refractivity contribution in [1.29, 1.82) is 0 Å². The van der Waals surface area contributed by atoms with Gasteiger partial charge in [-0.3, -0.25) is 5.01 Å². The number of hydrogen-bond donors (Lipinski definition) is 2. The van der Waals surface area contributed by atoms with Gasteiger partial charge in [0.05, 0.1) is 5.69 Å². The van der Waals surface area contributed by atoms with Crippen LogP contribution in [0.15, 0.2) is 42.7 Å². The highest BCUT2D eigenvalue weighted by Gasteiger charge is 2.02. The zero-order valence-corrected chi connectivity index (χ0v) is 5.99. The molecular weight excluding hydrogens is 138 g/mol. The lowest BCUT2D eigenvalue weighted by atomic mass is 10.3. The van der Waals surface area contributed by atoms with Crippen molar-refractivity contribution in [2.24, 2.45) is 0 Å². The van der Waals surface area contributed by atoms with Gasteiger partial charge in [-0.15, -0.1) is 5.53 Å². The first kappa shape index (κ1) is 6.24. The van der Waals surface area contributed by atoms with Crippen LogP contribution < -0.4 is 16.0 Å². The monoisotopic (exact) mass is 147 g/mol. The molecule has 0 bridgehead atoms. The van der Waals surface area contributed by atoms with Crippen LogP contribution in [0.2, 0.25) is 0 Å². The third-order valence-electron chi connectivity index (χ3n) is 1.53. The zero-order valence-electron chi connectivity index (χ0n) is 5.99. The van der Waals surface area contributed by atoms with Crippen LogP contribution in [0.4, 0.5) is 5.69 Å². The van der Waals surface area contributed by atoms with Gasteiger partial charge in [0.25, 0.3) is 0 Å². The molecule has 0 radical (unpaired) electrons. The minimum atomic E-state index is 1.12. The van der Waals surface area contributed by atoms with Gasteiger partial charge in [-0.1, -0.05) is 18.2 Å². The lowest BCUT2D eigenvalue weighted by molar-refractivity contribution is 0.680. The van der Waals surface area contributed by atoms with Gasteiger partial charge in [-0.05, 0) is 12.1 Å². The van der Waals surface area contributed by atoms with Crippen LogP contribution >= 0.6 is 0 Å². The standard InChI is InChI=1S/C8H9N3/c1-2-4-8(5-3-1)11-7-6-9-10-11/h1-7,9-10H. The normalized spacial score (nSPS) is 15.1. The Morgan fingerprint density at radius 1 is 1.09 bits per heavy atom. The maximum Gasteiger partial charge on any atom is 0.0589 e. The quantitative estimate of drug-likeness (QED) is 0.620. The first-order chi connectivity index (χ1) is 5.47. The number of hydrogen-bond acceptors (Lipinski definition) is 3. The van der Waals surface area contributed by atoms with E-state index in [9.17, 15) is 0 Å². The molecule has 0 atom stereocenters. The second-order valence-corrected chi connectivity index (χ2v) is 2.28. The number of para-hydroxylation sites is 1. The number of hydrazine groups is 2. The molecule has 0 amide bonds. The predicted molar refractivity (Wildman–Crippen MR) is 44.3 cm³/mol. The molecule has 0 aliphatic carbocycles. The molecule has 1 aromatic rings. The van der Waals surface area contributed by atoms with Gasteiger partial charge in [0.1, 0.15) is 0 Å². The summed E-state index contributed by atoms with van der Waals surface area (Å²) >= 11 is 0. The van der Waals surface area contributed by atoms with E-state index in [1.165, 1.54) is 0 Å². The SMILES string of the molecule is C1=CN(c2ccccc2)NN1. The van der Waals surface area contributed by atoms with Crippen molar-refractivity contribution < 1.29 is 0 Å². The molecule has 2 N–H and O–H groups in total. The number of nitrogens with one attached hydrogen (secondary N) is 2. The number of nitrogens with zero attached hydrogens (tertiary/aromatic N) is 1. The molecule has 2 rings (SSSR count). The summed E-state index contributed by atoms with van der Waals surface area (Å²) in [6.07, 6.45) is 3.77. The van der Waals surface area contributed by atoms with E-state index in [1.54, 1.807) is 0 Å². The summed E-state index contributed by atoms with van der Waals surface area (Å²) in [6.45, 7) is 0. The van der Waals surface area contributed by atoms with Crippen molar-refractivity contribution in [3.63, 3.8) is 0 Å².